The number of aromatic nitrogens is 1. The van der Waals surface area contributed by atoms with Crippen molar-refractivity contribution in [1.82, 2.24) is 10.3 Å². The molecule has 1 aromatic heterocycles. The summed E-state index contributed by atoms with van der Waals surface area (Å²) in [4.78, 5) is 26.6. The van der Waals surface area contributed by atoms with E-state index in [4.69, 9.17) is 0 Å². The fourth-order valence-electron chi connectivity index (χ4n) is 2.25. The van der Waals surface area contributed by atoms with Crippen molar-refractivity contribution in [2.24, 2.45) is 5.92 Å². The summed E-state index contributed by atoms with van der Waals surface area (Å²) in [6, 6.07) is 4.68. The van der Waals surface area contributed by atoms with Gasteiger partial charge in [0.15, 0.2) is 0 Å². The second kappa shape index (κ2) is 6.30. The lowest BCUT2D eigenvalue weighted by Gasteiger charge is -2.16. The predicted octanol–water partition coefficient (Wildman–Crippen LogP) is 3.16. The lowest BCUT2D eigenvalue weighted by Crippen LogP contribution is -2.41. The van der Waals surface area contributed by atoms with Gasteiger partial charge in [-0.3, -0.25) is 4.79 Å². The summed E-state index contributed by atoms with van der Waals surface area (Å²) in [5.41, 5.74) is 1.26. The van der Waals surface area contributed by atoms with Crippen molar-refractivity contribution in [2.75, 3.05) is 0 Å². The number of benzene rings is 1. The summed E-state index contributed by atoms with van der Waals surface area (Å²) in [6.07, 6.45) is 1.99. The topological polar surface area (TPSA) is 82.2 Å². The summed E-state index contributed by atoms with van der Waals surface area (Å²) in [5.74, 6) is -1.22. The number of halogens is 1. The Kier molecular flexibility index (Phi) is 4.67. The summed E-state index contributed by atoms with van der Waals surface area (Å²) < 4.78 is 0.794. The number of aliphatic carboxylic acids is 1. The molecule has 1 amide bonds. The molecule has 1 aromatic carbocycles. The van der Waals surface area contributed by atoms with Crippen LogP contribution < -0.4 is 5.32 Å². The Morgan fingerprint density at radius 1 is 1.38 bits per heavy atom. The van der Waals surface area contributed by atoms with Gasteiger partial charge in [-0.05, 0) is 24.5 Å². The Hall–Kier alpha value is -1.82. The first-order chi connectivity index (χ1) is 9.90. The minimum absolute atomic E-state index is 0.182. The highest BCUT2D eigenvalue weighted by molar-refractivity contribution is 9.10. The molecule has 0 saturated carbocycles. The van der Waals surface area contributed by atoms with Crippen molar-refractivity contribution in [3.8, 4) is 0 Å². The highest BCUT2D eigenvalue weighted by Crippen LogP contribution is 2.27. The van der Waals surface area contributed by atoms with Crippen LogP contribution in [0.15, 0.2) is 28.9 Å². The van der Waals surface area contributed by atoms with Gasteiger partial charge in [-0.25, -0.2) is 4.79 Å². The maximum Gasteiger partial charge on any atom is 0.326 e. The molecule has 0 aliphatic rings. The van der Waals surface area contributed by atoms with Gasteiger partial charge in [0.2, 0.25) is 0 Å². The zero-order chi connectivity index (χ0) is 15.6. The number of nitrogens with one attached hydrogen (secondary N) is 2. The number of fused-ring (bicyclic) bond motifs is 1. The van der Waals surface area contributed by atoms with Gasteiger partial charge in [0.05, 0.1) is 5.56 Å². The maximum atomic E-state index is 12.4. The first kappa shape index (κ1) is 15.6. The van der Waals surface area contributed by atoms with Gasteiger partial charge in [0.25, 0.3) is 5.91 Å². The quantitative estimate of drug-likeness (QED) is 0.772. The monoisotopic (exact) mass is 352 g/mol. The van der Waals surface area contributed by atoms with Gasteiger partial charge in [-0.2, -0.15) is 0 Å². The molecule has 1 heterocycles. The summed E-state index contributed by atoms with van der Waals surface area (Å²) in [7, 11) is 0. The van der Waals surface area contributed by atoms with E-state index < -0.39 is 12.0 Å². The number of rotatable bonds is 5. The third-order valence-electron chi connectivity index (χ3n) is 3.21. The van der Waals surface area contributed by atoms with Crippen LogP contribution in [-0.2, 0) is 4.79 Å². The van der Waals surface area contributed by atoms with Crippen LogP contribution in [0.5, 0.6) is 0 Å². The van der Waals surface area contributed by atoms with Crippen LogP contribution in [0.1, 0.15) is 30.6 Å². The van der Waals surface area contributed by atoms with E-state index in [1.165, 1.54) is 0 Å². The van der Waals surface area contributed by atoms with Crippen molar-refractivity contribution >= 4 is 38.7 Å². The van der Waals surface area contributed by atoms with Crippen molar-refractivity contribution in [3.63, 3.8) is 0 Å². The molecular formula is C15H17BrN2O3. The van der Waals surface area contributed by atoms with Crippen LogP contribution in [0.4, 0.5) is 0 Å². The van der Waals surface area contributed by atoms with E-state index in [0.29, 0.717) is 12.0 Å². The van der Waals surface area contributed by atoms with Gasteiger partial charge < -0.3 is 15.4 Å². The minimum atomic E-state index is -1.02. The second-order valence-corrected chi connectivity index (χ2v) is 6.21. The number of carboxylic acids is 1. The molecule has 2 rings (SSSR count). The number of carbonyl (C=O) groups excluding carboxylic acids is 1. The van der Waals surface area contributed by atoms with Gasteiger partial charge >= 0.3 is 5.97 Å². The number of carboxylic acid groups (broad SMARTS) is 1. The number of carbonyl (C=O) groups is 2. The van der Waals surface area contributed by atoms with Crippen LogP contribution in [0.2, 0.25) is 0 Å². The molecule has 6 heteroatoms. The van der Waals surface area contributed by atoms with E-state index in [9.17, 15) is 14.7 Å². The first-order valence-electron chi connectivity index (χ1n) is 6.69. The van der Waals surface area contributed by atoms with Gasteiger partial charge in [-0.15, -0.1) is 0 Å². The molecule has 1 atom stereocenters. The number of hydrogen-bond acceptors (Lipinski definition) is 2. The number of H-pyrrole nitrogens is 1. The van der Waals surface area contributed by atoms with Crippen LogP contribution in [0.25, 0.3) is 10.9 Å². The van der Waals surface area contributed by atoms with E-state index in [2.05, 4.69) is 26.2 Å². The Balaban J connectivity index is 2.28. The third kappa shape index (κ3) is 3.44. The first-order valence-corrected chi connectivity index (χ1v) is 7.48. The lowest BCUT2D eigenvalue weighted by molar-refractivity contribution is -0.139. The van der Waals surface area contributed by atoms with Gasteiger partial charge in [-0.1, -0.05) is 35.8 Å². The van der Waals surface area contributed by atoms with Crippen LogP contribution in [0.3, 0.4) is 0 Å². The van der Waals surface area contributed by atoms with Crippen LogP contribution >= 0.6 is 15.9 Å². The SMILES string of the molecule is CC(C)C[C@@H](NC(=O)c1c[nH]c2cccc(Br)c12)C(=O)O. The lowest BCUT2D eigenvalue weighted by atomic mass is 10.0. The Morgan fingerprint density at radius 2 is 2.10 bits per heavy atom. The maximum absolute atomic E-state index is 12.4. The second-order valence-electron chi connectivity index (χ2n) is 5.36. The van der Waals surface area contributed by atoms with Crippen molar-refractivity contribution < 1.29 is 14.7 Å². The fourth-order valence-corrected chi connectivity index (χ4v) is 2.83. The van der Waals surface area contributed by atoms with Gasteiger partial charge in [0, 0.05) is 21.6 Å². The molecule has 112 valence electrons. The zero-order valence-corrected chi connectivity index (χ0v) is 13.4. The number of aromatic amines is 1. The molecule has 0 bridgehead atoms. The third-order valence-corrected chi connectivity index (χ3v) is 3.87. The molecule has 0 spiro atoms. The largest absolute Gasteiger partial charge is 0.480 e. The minimum Gasteiger partial charge on any atom is -0.480 e. The molecule has 0 aliphatic heterocycles. The zero-order valence-electron chi connectivity index (χ0n) is 11.8. The van der Waals surface area contributed by atoms with E-state index in [1.54, 1.807) is 6.20 Å². The molecule has 5 nitrogen and oxygen atoms in total. The van der Waals surface area contributed by atoms with Crippen LogP contribution in [-0.4, -0.2) is 28.0 Å². The van der Waals surface area contributed by atoms with Crippen molar-refractivity contribution in [3.05, 3.63) is 34.4 Å². The molecule has 21 heavy (non-hydrogen) atoms. The molecular weight excluding hydrogens is 336 g/mol. The fraction of sp³-hybridized carbons (Fsp3) is 0.333. The molecule has 0 radical (unpaired) electrons. The summed E-state index contributed by atoms with van der Waals surface area (Å²) in [5, 5.41) is 12.5. The normalized spacial score (nSPS) is 12.6. The van der Waals surface area contributed by atoms with E-state index in [1.807, 2.05) is 32.0 Å². The van der Waals surface area contributed by atoms with Crippen LogP contribution in [0, 0.1) is 5.92 Å². The average molecular weight is 353 g/mol. The van der Waals surface area contributed by atoms with E-state index in [0.717, 1.165) is 15.4 Å². The predicted molar refractivity (Wildman–Crippen MR) is 84.3 cm³/mol. The molecule has 3 N–H and O–H groups in total. The Labute approximate surface area is 130 Å². The molecule has 0 aliphatic carbocycles. The van der Waals surface area contributed by atoms with Crippen molar-refractivity contribution in [2.45, 2.75) is 26.3 Å². The highest BCUT2D eigenvalue weighted by atomic mass is 79.9. The standard InChI is InChI=1S/C15H17BrN2O3/c1-8(2)6-12(15(20)21)18-14(19)9-7-17-11-5-3-4-10(16)13(9)11/h3-5,7-8,12,17H,6H2,1-2H3,(H,18,19)(H,20,21)/t12-/m1/s1. The smallest absolute Gasteiger partial charge is 0.326 e. The molecule has 0 unspecified atom stereocenters. The molecule has 0 fully saturated rings. The number of hydrogen-bond donors (Lipinski definition) is 3. The Morgan fingerprint density at radius 3 is 2.71 bits per heavy atom. The Bertz CT molecular complexity index is 679. The summed E-state index contributed by atoms with van der Waals surface area (Å²) >= 11 is 3.41. The molecule has 0 saturated heterocycles. The summed E-state index contributed by atoms with van der Waals surface area (Å²) in [6.45, 7) is 3.84. The van der Waals surface area contributed by atoms with E-state index in [-0.39, 0.29) is 11.8 Å². The van der Waals surface area contributed by atoms with Gasteiger partial charge in [0.1, 0.15) is 6.04 Å². The van der Waals surface area contributed by atoms with Crippen molar-refractivity contribution in [1.29, 1.82) is 0 Å². The average Bonchev–Trinajstić information content (AvgIpc) is 2.82. The highest BCUT2D eigenvalue weighted by Gasteiger charge is 2.23. The molecule has 2 aromatic rings. The number of amides is 1. The van der Waals surface area contributed by atoms with E-state index >= 15 is 0 Å².